The van der Waals surface area contributed by atoms with E-state index in [9.17, 15) is 8.78 Å². The van der Waals surface area contributed by atoms with E-state index in [-0.39, 0.29) is 17.7 Å². The third-order valence-corrected chi connectivity index (χ3v) is 3.61. The molecule has 0 spiro atoms. The molecule has 0 fully saturated rings. The highest BCUT2D eigenvalue weighted by molar-refractivity contribution is 5.84. The molecule has 124 valence electrons. The van der Waals surface area contributed by atoms with E-state index < -0.39 is 6.61 Å². The Balaban J connectivity index is 2.38. The van der Waals surface area contributed by atoms with Crippen molar-refractivity contribution in [3.05, 3.63) is 54.4 Å². The molecule has 0 heterocycles. The fourth-order valence-electron chi connectivity index (χ4n) is 2.70. The molecule has 0 saturated heterocycles. The van der Waals surface area contributed by atoms with E-state index in [2.05, 4.69) is 18.6 Å². The van der Waals surface area contributed by atoms with Gasteiger partial charge in [-0.1, -0.05) is 32.0 Å². The monoisotopic (exact) mass is 321 g/mol. The Morgan fingerprint density at radius 2 is 1.74 bits per heavy atom. The summed E-state index contributed by atoms with van der Waals surface area (Å²) in [6.07, 6.45) is 3.01. The molecule has 6 heteroatoms. The SMILES string of the molecule is CC(C)C(c1ccc2cc(OC(F)F)ccc2c1)N(N)/C=C\N. The number of nitrogens with zero attached hydrogens (tertiary/aromatic N) is 1. The van der Waals surface area contributed by atoms with Crippen molar-refractivity contribution in [2.75, 3.05) is 0 Å². The van der Waals surface area contributed by atoms with Gasteiger partial charge in [-0.3, -0.25) is 0 Å². The molecular weight excluding hydrogens is 300 g/mol. The van der Waals surface area contributed by atoms with Crippen molar-refractivity contribution < 1.29 is 13.5 Å². The summed E-state index contributed by atoms with van der Waals surface area (Å²) in [4.78, 5) is 0. The molecule has 0 aliphatic heterocycles. The third-order valence-electron chi connectivity index (χ3n) is 3.61. The van der Waals surface area contributed by atoms with Gasteiger partial charge in [-0.15, -0.1) is 0 Å². The van der Waals surface area contributed by atoms with Crippen LogP contribution in [0.2, 0.25) is 0 Å². The van der Waals surface area contributed by atoms with Gasteiger partial charge in [0.2, 0.25) is 0 Å². The molecule has 2 rings (SSSR count). The lowest BCUT2D eigenvalue weighted by Crippen LogP contribution is -2.33. The quantitative estimate of drug-likeness (QED) is 0.628. The highest BCUT2D eigenvalue weighted by atomic mass is 19.3. The second-order valence-electron chi connectivity index (χ2n) is 5.62. The van der Waals surface area contributed by atoms with Crippen LogP contribution in [0.1, 0.15) is 25.5 Å². The lowest BCUT2D eigenvalue weighted by atomic mass is 9.93. The van der Waals surface area contributed by atoms with Gasteiger partial charge in [0.1, 0.15) is 5.75 Å². The summed E-state index contributed by atoms with van der Waals surface area (Å²) < 4.78 is 29.0. The van der Waals surface area contributed by atoms with Crippen LogP contribution < -0.4 is 16.3 Å². The molecule has 2 aromatic carbocycles. The van der Waals surface area contributed by atoms with Crippen molar-refractivity contribution in [2.24, 2.45) is 17.5 Å². The number of benzene rings is 2. The number of rotatable bonds is 6. The Morgan fingerprint density at radius 1 is 1.09 bits per heavy atom. The molecule has 4 nitrogen and oxygen atoms in total. The van der Waals surface area contributed by atoms with Crippen molar-refractivity contribution >= 4 is 10.8 Å². The van der Waals surface area contributed by atoms with Crippen LogP contribution in [0.4, 0.5) is 8.78 Å². The lowest BCUT2D eigenvalue weighted by Gasteiger charge is -2.30. The first-order valence-electron chi connectivity index (χ1n) is 7.32. The van der Waals surface area contributed by atoms with E-state index in [1.807, 2.05) is 18.2 Å². The molecule has 4 N–H and O–H groups in total. The molecule has 0 aliphatic rings. The molecule has 2 aromatic rings. The number of hydrogen-bond donors (Lipinski definition) is 2. The topological polar surface area (TPSA) is 64.5 Å². The Labute approximate surface area is 134 Å². The van der Waals surface area contributed by atoms with E-state index in [1.165, 1.54) is 12.3 Å². The van der Waals surface area contributed by atoms with Crippen molar-refractivity contribution in [2.45, 2.75) is 26.5 Å². The maximum absolute atomic E-state index is 12.3. The summed E-state index contributed by atoms with van der Waals surface area (Å²) in [6, 6.07) is 10.6. The molecule has 1 unspecified atom stereocenters. The zero-order valence-electron chi connectivity index (χ0n) is 13.1. The van der Waals surface area contributed by atoms with Crippen LogP contribution in [0.15, 0.2) is 48.8 Å². The number of halogens is 2. The van der Waals surface area contributed by atoms with Crippen LogP contribution in [0, 0.1) is 5.92 Å². The van der Waals surface area contributed by atoms with Gasteiger partial charge >= 0.3 is 6.61 Å². The van der Waals surface area contributed by atoms with Crippen LogP contribution in [0.5, 0.6) is 5.75 Å². The highest BCUT2D eigenvalue weighted by Crippen LogP contribution is 2.30. The van der Waals surface area contributed by atoms with Crippen molar-refractivity contribution in [3.8, 4) is 5.75 Å². The molecule has 0 aliphatic carbocycles. The number of ether oxygens (including phenoxy) is 1. The smallest absolute Gasteiger partial charge is 0.387 e. The Kier molecular flexibility index (Phi) is 5.39. The van der Waals surface area contributed by atoms with Crippen LogP contribution >= 0.6 is 0 Å². The maximum Gasteiger partial charge on any atom is 0.387 e. The van der Waals surface area contributed by atoms with Gasteiger partial charge in [0.05, 0.1) is 6.04 Å². The van der Waals surface area contributed by atoms with E-state index in [1.54, 1.807) is 23.3 Å². The van der Waals surface area contributed by atoms with Gasteiger partial charge in [-0.05, 0) is 40.5 Å². The summed E-state index contributed by atoms with van der Waals surface area (Å²) in [6.45, 7) is 1.31. The second kappa shape index (κ2) is 7.28. The molecule has 23 heavy (non-hydrogen) atoms. The van der Waals surface area contributed by atoms with Crippen LogP contribution in [0.3, 0.4) is 0 Å². The first kappa shape index (κ1) is 17.0. The first-order valence-corrected chi connectivity index (χ1v) is 7.32. The van der Waals surface area contributed by atoms with E-state index in [0.29, 0.717) is 0 Å². The zero-order valence-corrected chi connectivity index (χ0v) is 13.1. The number of nitrogens with two attached hydrogens (primary N) is 2. The highest BCUT2D eigenvalue weighted by Gasteiger charge is 2.19. The molecule has 1 atom stereocenters. The Hall–Kier alpha value is -2.34. The van der Waals surface area contributed by atoms with Crippen molar-refractivity contribution in [1.82, 2.24) is 5.01 Å². The predicted octanol–water partition coefficient (Wildman–Crippen LogP) is 3.74. The van der Waals surface area contributed by atoms with Gasteiger partial charge in [0.15, 0.2) is 0 Å². The Bertz CT molecular complexity index is 689. The van der Waals surface area contributed by atoms with E-state index in [0.717, 1.165) is 16.3 Å². The number of alkyl halides is 2. The fraction of sp³-hybridized carbons (Fsp3) is 0.294. The molecule has 0 saturated carbocycles. The first-order chi connectivity index (χ1) is 10.9. The van der Waals surface area contributed by atoms with Gasteiger partial charge in [0.25, 0.3) is 0 Å². The summed E-state index contributed by atoms with van der Waals surface area (Å²) in [7, 11) is 0. The Morgan fingerprint density at radius 3 is 2.35 bits per heavy atom. The van der Waals surface area contributed by atoms with Gasteiger partial charge in [-0.25, -0.2) is 5.84 Å². The second-order valence-corrected chi connectivity index (χ2v) is 5.62. The number of hydrogen-bond acceptors (Lipinski definition) is 4. The standard InChI is InChI=1S/C17H21F2N3O/c1-11(2)16(22(21)8-7-20)14-4-3-13-10-15(23-17(18)19)6-5-12(13)9-14/h3-11,16-17H,20-21H2,1-2H3/b8-7-. The summed E-state index contributed by atoms with van der Waals surface area (Å²) in [5.41, 5.74) is 6.44. The van der Waals surface area contributed by atoms with Crippen LogP contribution in [0.25, 0.3) is 10.8 Å². The minimum absolute atomic E-state index is 0.0452. The molecule has 0 bridgehead atoms. The number of fused-ring (bicyclic) bond motifs is 1. The molecule has 0 amide bonds. The van der Waals surface area contributed by atoms with Gasteiger partial charge in [0, 0.05) is 12.4 Å². The van der Waals surface area contributed by atoms with Crippen molar-refractivity contribution in [3.63, 3.8) is 0 Å². The van der Waals surface area contributed by atoms with E-state index >= 15 is 0 Å². The largest absolute Gasteiger partial charge is 0.435 e. The molecular formula is C17H21F2N3O. The van der Waals surface area contributed by atoms with Crippen LogP contribution in [-0.2, 0) is 0 Å². The average Bonchev–Trinajstić information content (AvgIpc) is 2.46. The minimum atomic E-state index is -2.83. The van der Waals surface area contributed by atoms with E-state index in [4.69, 9.17) is 11.6 Å². The fourth-order valence-corrected chi connectivity index (χ4v) is 2.70. The zero-order chi connectivity index (χ0) is 17.0. The molecule has 0 radical (unpaired) electrons. The van der Waals surface area contributed by atoms with Crippen molar-refractivity contribution in [1.29, 1.82) is 0 Å². The third kappa shape index (κ3) is 4.10. The lowest BCUT2D eigenvalue weighted by molar-refractivity contribution is -0.0497. The van der Waals surface area contributed by atoms with Gasteiger partial charge < -0.3 is 15.5 Å². The predicted molar refractivity (Wildman–Crippen MR) is 87.5 cm³/mol. The summed E-state index contributed by atoms with van der Waals surface area (Å²) >= 11 is 0. The normalized spacial score (nSPS) is 13.2. The van der Waals surface area contributed by atoms with Crippen LogP contribution in [-0.4, -0.2) is 11.6 Å². The number of hydrazine groups is 1. The minimum Gasteiger partial charge on any atom is -0.435 e. The summed E-state index contributed by atoms with van der Waals surface area (Å²) in [5.74, 6) is 6.45. The average molecular weight is 321 g/mol. The molecule has 0 aromatic heterocycles. The maximum atomic E-state index is 12.3. The summed E-state index contributed by atoms with van der Waals surface area (Å²) in [5, 5.41) is 3.33. The van der Waals surface area contributed by atoms with Gasteiger partial charge in [-0.2, -0.15) is 8.78 Å².